The highest BCUT2D eigenvalue weighted by atomic mass is 35.5. The Bertz CT molecular complexity index is 737. The van der Waals surface area contributed by atoms with Crippen LogP contribution in [-0.2, 0) is 0 Å². The van der Waals surface area contributed by atoms with E-state index in [0.29, 0.717) is 40.8 Å². The minimum Gasteiger partial charge on any atom is -0.497 e. The Labute approximate surface area is 160 Å². The van der Waals surface area contributed by atoms with Crippen LogP contribution in [0, 0.1) is 0 Å². The van der Waals surface area contributed by atoms with Crippen molar-refractivity contribution in [2.75, 3.05) is 31.9 Å². The van der Waals surface area contributed by atoms with Crippen LogP contribution >= 0.6 is 12.4 Å². The number of anilines is 2. The third kappa shape index (κ3) is 5.46. The maximum Gasteiger partial charge on any atom is 0.255 e. The van der Waals surface area contributed by atoms with Gasteiger partial charge in [0.05, 0.1) is 32.2 Å². The molecule has 0 saturated heterocycles. The van der Waals surface area contributed by atoms with Gasteiger partial charge in [-0.1, -0.05) is 13.3 Å². The van der Waals surface area contributed by atoms with Crippen LogP contribution in [0.15, 0.2) is 36.4 Å². The number of amides is 1. The molecule has 2 rings (SSSR count). The van der Waals surface area contributed by atoms with Crippen molar-refractivity contribution in [3.63, 3.8) is 0 Å². The van der Waals surface area contributed by atoms with E-state index in [9.17, 15) is 4.79 Å². The third-order valence-corrected chi connectivity index (χ3v) is 3.69. The van der Waals surface area contributed by atoms with E-state index in [1.54, 1.807) is 50.6 Å². The summed E-state index contributed by atoms with van der Waals surface area (Å²) in [6.07, 6.45) is 2.01. The summed E-state index contributed by atoms with van der Waals surface area (Å²) in [5, 5.41) is 2.78. The van der Waals surface area contributed by atoms with E-state index in [1.807, 2.05) is 0 Å². The van der Waals surface area contributed by atoms with E-state index >= 15 is 0 Å². The lowest BCUT2D eigenvalue weighted by Crippen LogP contribution is -2.13. The highest BCUT2D eigenvalue weighted by Gasteiger charge is 2.13. The standard InChI is InChI=1S/C19H24N2O4.ClH/c1-4-5-10-25-17-9-6-13(11-18(17)24-3)19(22)21-16-12-14(23-2)7-8-15(16)20;/h6-9,11-12H,4-5,10,20H2,1-3H3,(H,21,22);1H. The first-order valence-electron chi connectivity index (χ1n) is 8.14. The first-order valence-corrected chi connectivity index (χ1v) is 8.14. The number of nitrogens with two attached hydrogens (primary N) is 1. The molecular formula is C19H25ClN2O4. The van der Waals surface area contributed by atoms with Gasteiger partial charge in [-0.25, -0.2) is 0 Å². The van der Waals surface area contributed by atoms with Gasteiger partial charge in [-0.15, -0.1) is 12.4 Å². The van der Waals surface area contributed by atoms with Gasteiger partial charge in [0.2, 0.25) is 0 Å². The van der Waals surface area contributed by atoms with Crippen LogP contribution in [0.3, 0.4) is 0 Å². The first-order chi connectivity index (χ1) is 12.1. The summed E-state index contributed by atoms with van der Waals surface area (Å²) in [7, 11) is 3.10. The predicted molar refractivity (Wildman–Crippen MR) is 106 cm³/mol. The molecule has 1 amide bonds. The number of nitrogen functional groups attached to an aromatic ring is 1. The number of hydrogen-bond acceptors (Lipinski definition) is 5. The Hall–Kier alpha value is -2.60. The second-order valence-corrected chi connectivity index (χ2v) is 5.47. The van der Waals surface area contributed by atoms with Crippen molar-refractivity contribution in [1.29, 1.82) is 0 Å². The molecule has 0 aliphatic heterocycles. The predicted octanol–water partition coefficient (Wildman–Crippen LogP) is 4.14. The Balaban J connectivity index is 0.00000338. The summed E-state index contributed by atoms with van der Waals surface area (Å²) in [5.41, 5.74) is 7.30. The number of rotatable bonds is 8. The fraction of sp³-hybridized carbons (Fsp3) is 0.316. The van der Waals surface area contributed by atoms with Crippen LogP contribution in [0.4, 0.5) is 11.4 Å². The highest BCUT2D eigenvalue weighted by Crippen LogP contribution is 2.29. The normalized spacial score (nSPS) is 9.81. The third-order valence-electron chi connectivity index (χ3n) is 3.69. The molecule has 0 unspecified atom stereocenters. The van der Waals surface area contributed by atoms with Crippen molar-refractivity contribution in [3.8, 4) is 17.2 Å². The molecule has 0 radical (unpaired) electrons. The average molecular weight is 381 g/mol. The van der Waals surface area contributed by atoms with Gasteiger partial charge in [-0.3, -0.25) is 4.79 Å². The van der Waals surface area contributed by atoms with Crippen molar-refractivity contribution in [1.82, 2.24) is 0 Å². The topological polar surface area (TPSA) is 82.8 Å². The zero-order valence-electron chi connectivity index (χ0n) is 15.2. The number of carbonyl (C=O) groups excluding carboxylic acids is 1. The van der Waals surface area contributed by atoms with Gasteiger partial charge >= 0.3 is 0 Å². The number of methoxy groups -OCH3 is 2. The van der Waals surface area contributed by atoms with Crippen LogP contribution < -0.4 is 25.3 Å². The van der Waals surface area contributed by atoms with Crippen molar-refractivity contribution in [2.45, 2.75) is 19.8 Å². The van der Waals surface area contributed by atoms with E-state index < -0.39 is 0 Å². The molecule has 0 aliphatic carbocycles. The van der Waals surface area contributed by atoms with Crippen LogP contribution in [0.2, 0.25) is 0 Å². The Morgan fingerprint density at radius 2 is 1.85 bits per heavy atom. The van der Waals surface area contributed by atoms with Crippen LogP contribution in [0.5, 0.6) is 17.2 Å². The smallest absolute Gasteiger partial charge is 0.255 e. The molecule has 0 heterocycles. The molecule has 6 nitrogen and oxygen atoms in total. The Morgan fingerprint density at radius 3 is 2.50 bits per heavy atom. The zero-order valence-corrected chi connectivity index (χ0v) is 16.0. The molecule has 0 spiro atoms. The molecule has 2 aromatic carbocycles. The summed E-state index contributed by atoms with van der Waals surface area (Å²) in [4.78, 5) is 12.5. The van der Waals surface area contributed by atoms with Gasteiger partial charge in [-0.05, 0) is 36.8 Å². The van der Waals surface area contributed by atoms with E-state index in [1.165, 1.54) is 0 Å². The molecular weight excluding hydrogens is 356 g/mol. The fourth-order valence-electron chi connectivity index (χ4n) is 2.22. The van der Waals surface area contributed by atoms with Crippen LogP contribution in [-0.4, -0.2) is 26.7 Å². The fourth-order valence-corrected chi connectivity index (χ4v) is 2.22. The maximum absolute atomic E-state index is 12.5. The second kappa shape index (κ2) is 10.4. The number of ether oxygens (including phenoxy) is 3. The monoisotopic (exact) mass is 380 g/mol. The zero-order chi connectivity index (χ0) is 18.2. The van der Waals surface area contributed by atoms with Gasteiger partial charge in [0.25, 0.3) is 5.91 Å². The molecule has 2 aromatic rings. The number of unbranched alkanes of at least 4 members (excludes halogenated alkanes) is 1. The SMILES string of the molecule is CCCCOc1ccc(C(=O)Nc2cc(OC)ccc2N)cc1OC.Cl. The minimum atomic E-state index is -0.293. The molecule has 142 valence electrons. The van der Waals surface area contributed by atoms with Gasteiger partial charge in [-0.2, -0.15) is 0 Å². The second-order valence-electron chi connectivity index (χ2n) is 5.47. The average Bonchev–Trinajstić information content (AvgIpc) is 2.63. The van der Waals surface area contributed by atoms with Gasteiger partial charge in [0.1, 0.15) is 5.75 Å². The maximum atomic E-state index is 12.5. The number of hydrogen-bond donors (Lipinski definition) is 2. The van der Waals surface area contributed by atoms with Gasteiger partial charge in [0, 0.05) is 11.6 Å². The summed E-state index contributed by atoms with van der Waals surface area (Å²) in [6, 6.07) is 10.2. The van der Waals surface area contributed by atoms with Crippen molar-refractivity contribution < 1.29 is 19.0 Å². The highest BCUT2D eigenvalue weighted by molar-refractivity contribution is 6.06. The molecule has 7 heteroatoms. The molecule has 3 N–H and O–H groups in total. The molecule has 0 aromatic heterocycles. The Kier molecular flexibility index (Phi) is 8.58. The van der Waals surface area contributed by atoms with Crippen molar-refractivity contribution in [2.24, 2.45) is 0 Å². The number of benzene rings is 2. The molecule has 0 saturated carbocycles. The van der Waals surface area contributed by atoms with Crippen LogP contribution in [0.1, 0.15) is 30.1 Å². The van der Waals surface area contributed by atoms with E-state index in [0.717, 1.165) is 12.8 Å². The van der Waals surface area contributed by atoms with E-state index in [2.05, 4.69) is 12.2 Å². The molecule has 0 atom stereocenters. The van der Waals surface area contributed by atoms with Crippen molar-refractivity contribution in [3.05, 3.63) is 42.0 Å². The van der Waals surface area contributed by atoms with E-state index in [-0.39, 0.29) is 18.3 Å². The lowest BCUT2D eigenvalue weighted by Gasteiger charge is -2.13. The minimum absolute atomic E-state index is 0. The summed E-state index contributed by atoms with van der Waals surface area (Å²) >= 11 is 0. The lowest BCUT2D eigenvalue weighted by atomic mass is 10.1. The number of halogens is 1. The largest absolute Gasteiger partial charge is 0.497 e. The number of carbonyl (C=O) groups is 1. The van der Waals surface area contributed by atoms with Gasteiger partial charge < -0.3 is 25.3 Å². The van der Waals surface area contributed by atoms with E-state index in [4.69, 9.17) is 19.9 Å². The van der Waals surface area contributed by atoms with Crippen LogP contribution in [0.25, 0.3) is 0 Å². The van der Waals surface area contributed by atoms with Gasteiger partial charge in [0.15, 0.2) is 11.5 Å². The molecule has 0 bridgehead atoms. The summed E-state index contributed by atoms with van der Waals surface area (Å²) in [5.74, 6) is 1.45. The molecule has 0 aliphatic rings. The Morgan fingerprint density at radius 1 is 1.08 bits per heavy atom. The number of nitrogens with one attached hydrogen (secondary N) is 1. The van der Waals surface area contributed by atoms with Crippen molar-refractivity contribution >= 4 is 29.7 Å². The molecule has 26 heavy (non-hydrogen) atoms. The first kappa shape index (κ1) is 21.4. The summed E-state index contributed by atoms with van der Waals surface area (Å²) in [6.45, 7) is 2.71. The molecule has 0 fully saturated rings. The quantitative estimate of drug-likeness (QED) is 0.531. The lowest BCUT2D eigenvalue weighted by molar-refractivity contribution is 0.102. The summed E-state index contributed by atoms with van der Waals surface area (Å²) < 4.78 is 16.2.